The van der Waals surface area contributed by atoms with E-state index in [1.54, 1.807) is 13.8 Å². The molecule has 1 N–H and O–H groups in total. The Balaban J connectivity index is 2.05. The molecule has 1 aromatic heterocycles. The fraction of sp³-hybridized carbons (Fsp3) is 0.533. The van der Waals surface area contributed by atoms with Gasteiger partial charge < -0.3 is 10.1 Å². The number of hydrogen-bond acceptors (Lipinski definition) is 6. The molecule has 0 spiro atoms. The van der Waals surface area contributed by atoms with Crippen molar-refractivity contribution >= 4 is 39.4 Å². The van der Waals surface area contributed by atoms with E-state index in [0.717, 1.165) is 6.08 Å². The number of carbonyl (C=O) groups is 2. The predicted molar refractivity (Wildman–Crippen MR) is 93.0 cm³/mol. The Hall–Kier alpha value is -1.87. The lowest BCUT2D eigenvalue weighted by molar-refractivity contribution is -0.143. The number of aryl methyl sites for hydroxylation is 1. The zero-order chi connectivity index (χ0) is 18.6. The van der Waals surface area contributed by atoms with Crippen molar-refractivity contribution in [2.75, 3.05) is 24.7 Å². The molecule has 2 rings (SSSR count). The van der Waals surface area contributed by atoms with E-state index in [4.69, 9.17) is 16.3 Å². The van der Waals surface area contributed by atoms with Gasteiger partial charge in [-0.3, -0.25) is 4.79 Å². The number of likely N-dealkylation sites (N-methyl/N-ethyl adjacent to an activating group) is 1. The third-order valence-corrected chi connectivity index (χ3v) is 5.86. The number of carbonyl (C=O) groups excluding carboxylic acids is 2. The molecule has 1 aliphatic rings. The lowest BCUT2D eigenvalue weighted by atomic mass is 10.2. The van der Waals surface area contributed by atoms with Crippen molar-refractivity contribution in [2.45, 2.75) is 26.3 Å². The maximum absolute atomic E-state index is 11.7. The van der Waals surface area contributed by atoms with Gasteiger partial charge in [-0.2, -0.15) is 5.10 Å². The summed E-state index contributed by atoms with van der Waals surface area (Å²) in [5, 5.41) is 7.07. The second-order valence-electron chi connectivity index (χ2n) is 5.69. The lowest BCUT2D eigenvalue weighted by Crippen LogP contribution is -2.28. The van der Waals surface area contributed by atoms with E-state index in [9.17, 15) is 18.0 Å². The van der Waals surface area contributed by atoms with E-state index >= 15 is 0 Å². The van der Waals surface area contributed by atoms with Gasteiger partial charge in [-0.25, -0.2) is 17.9 Å². The van der Waals surface area contributed by atoms with Crippen LogP contribution in [-0.4, -0.2) is 54.7 Å². The van der Waals surface area contributed by atoms with Crippen molar-refractivity contribution < 1.29 is 22.7 Å². The van der Waals surface area contributed by atoms with Crippen LogP contribution in [0.5, 0.6) is 0 Å². The van der Waals surface area contributed by atoms with Crippen molar-refractivity contribution in [3.63, 3.8) is 0 Å². The second kappa shape index (κ2) is 8.01. The van der Waals surface area contributed by atoms with E-state index in [0.29, 0.717) is 24.2 Å². The van der Waals surface area contributed by atoms with Gasteiger partial charge >= 0.3 is 5.97 Å². The van der Waals surface area contributed by atoms with Gasteiger partial charge in [0.25, 0.3) is 5.91 Å². The van der Waals surface area contributed by atoms with Crippen molar-refractivity contribution in [3.8, 4) is 0 Å². The number of aromatic nitrogens is 2. The van der Waals surface area contributed by atoms with Crippen LogP contribution in [0.1, 0.15) is 30.6 Å². The summed E-state index contributed by atoms with van der Waals surface area (Å²) in [4.78, 5) is 22.9. The molecule has 0 saturated carbocycles. The number of rotatable bonds is 6. The fourth-order valence-electron chi connectivity index (χ4n) is 2.52. The number of amides is 1. The Morgan fingerprint density at radius 1 is 1.48 bits per heavy atom. The predicted octanol–water partition coefficient (Wildman–Crippen LogP) is 0.897. The zero-order valence-corrected chi connectivity index (χ0v) is 15.6. The van der Waals surface area contributed by atoms with Crippen LogP contribution in [0.25, 0.3) is 6.08 Å². The molecule has 1 amide bonds. The average Bonchev–Trinajstić information content (AvgIpc) is 3.03. The first-order chi connectivity index (χ1) is 11.7. The summed E-state index contributed by atoms with van der Waals surface area (Å²) in [5.41, 5.74) is 1.09. The van der Waals surface area contributed by atoms with E-state index in [2.05, 4.69) is 10.4 Å². The van der Waals surface area contributed by atoms with Gasteiger partial charge in [0, 0.05) is 18.2 Å². The van der Waals surface area contributed by atoms with Crippen LogP contribution < -0.4 is 5.32 Å². The summed E-state index contributed by atoms with van der Waals surface area (Å²) < 4.78 is 29.5. The van der Waals surface area contributed by atoms with E-state index < -0.39 is 15.8 Å². The van der Waals surface area contributed by atoms with Crippen LogP contribution in [0.2, 0.25) is 5.15 Å². The van der Waals surface area contributed by atoms with Crippen molar-refractivity contribution in [1.29, 1.82) is 0 Å². The zero-order valence-electron chi connectivity index (χ0n) is 14.0. The summed E-state index contributed by atoms with van der Waals surface area (Å²) in [5.74, 6) is -0.942. The second-order valence-corrected chi connectivity index (χ2v) is 8.27. The molecule has 1 aromatic rings. The molecule has 25 heavy (non-hydrogen) atoms. The van der Waals surface area contributed by atoms with Gasteiger partial charge in [-0.05, 0) is 26.3 Å². The van der Waals surface area contributed by atoms with Crippen LogP contribution in [0.3, 0.4) is 0 Å². The fourth-order valence-corrected chi connectivity index (χ4v) is 4.58. The molecule has 0 radical (unpaired) electrons. The largest absolute Gasteiger partial charge is 0.452 e. The van der Waals surface area contributed by atoms with Gasteiger partial charge in [0.15, 0.2) is 16.4 Å². The molecule has 0 bridgehead atoms. The molecule has 2 heterocycles. The topological polar surface area (TPSA) is 107 Å². The number of halogens is 1. The highest BCUT2D eigenvalue weighted by molar-refractivity contribution is 7.91. The Kier molecular flexibility index (Phi) is 6.23. The van der Waals surface area contributed by atoms with E-state index in [1.807, 2.05) is 0 Å². The van der Waals surface area contributed by atoms with Gasteiger partial charge in [0.05, 0.1) is 23.2 Å². The molecule has 138 valence electrons. The average molecular weight is 390 g/mol. The molecule has 1 fully saturated rings. The Bertz CT molecular complexity index is 800. The number of sulfone groups is 1. The van der Waals surface area contributed by atoms with Crippen LogP contribution >= 0.6 is 11.6 Å². The third-order valence-electron chi connectivity index (χ3n) is 3.73. The molecule has 1 aliphatic heterocycles. The van der Waals surface area contributed by atoms with Crippen LogP contribution in [0.15, 0.2) is 6.08 Å². The molecule has 1 saturated heterocycles. The Morgan fingerprint density at radius 3 is 2.80 bits per heavy atom. The maximum atomic E-state index is 11.7. The monoisotopic (exact) mass is 389 g/mol. The van der Waals surface area contributed by atoms with Crippen LogP contribution in [0.4, 0.5) is 0 Å². The van der Waals surface area contributed by atoms with Crippen molar-refractivity contribution in [2.24, 2.45) is 0 Å². The standard InChI is InChI=1S/C15H20ClN3O5S/c1-3-17-13(20)8-24-14(21)5-4-12-10(2)18-19(15(12)16)11-6-7-25(22,23)9-11/h4-5,11H,3,6-9H2,1-2H3,(H,17,20)/b5-4+/t11-/m0/s1. The number of esters is 1. The summed E-state index contributed by atoms with van der Waals surface area (Å²) in [6.45, 7) is 3.57. The van der Waals surface area contributed by atoms with Crippen LogP contribution in [0, 0.1) is 6.92 Å². The molecule has 1 atom stereocenters. The summed E-state index contributed by atoms with van der Waals surface area (Å²) >= 11 is 6.29. The quantitative estimate of drug-likeness (QED) is 0.572. The van der Waals surface area contributed by atoms with Crippen molar-refractivity contribution in [1.82, 2.24) is 15.1 Å². The van der Waals surface area contributed by atoms with Crippen molar-refractivity contribution in [3.05, 3.63) is 22.5 Å². The highest BCUT2D eigenvalue weighted by Gasteiger charge is 2.31. The summed E-state index contributed by atoms with van der Waals surface area (Å²) in [6.07, 6.45) is 3.07. The molecular weight excluding hydrogens is 370 g/mol. The minimum atomic E-state index is -3.06. The number of nitrogens with zero attached hydrogens (tertiary/aromatic N) is 2. The van der Waals surface area contributed by atoms with Gasteiger partial charge in [0.2, 0.25) is 0 Å². The Morgan fingerprint density at radius 2 is 2.20 bits per heavy atom. The van der Waals surface area contributed by atoms with Crippen LogP contribution in [-0.2, 0) is 24.2 Å². The molecular formula is C15H20ClN3O5S. The van der Waals surface area contributed by atoms with E-state index in [1.165, 1.54) is 10.8 Å². The minimum absolute atomic E-state index is 0.00553. The highest BCUT2D eigenvalue weighted by atomic mass is 35.5. The van der Waals surface area contributed by atoms with Gasteiger partial charge in [-0.15, -0.1) is 0 Å². The first kappa shape index (κ1) is 19.5. The lowest BCUT2D eigenvalue weighted by Gasteiger charge is -2.09. The molecule has 10 heteroatoms. The first-order valence-corrected chi connectivity index (χ1v) is 10.00. The first-order valence-electron chi connectivity index (χ1n) is 7.80. The minimum Gasteiger partial charge on any atom is -0.452 e. The molecule has 0 unspecified atom stereocenters. The SMILES string of the molecule is CCNC(=O)COC(=O)/C=C/c1c(C)nn([C@H]2CCS(=O)(=O)C2)c1Cl. The normalized spacial score (nSPS) is 19.2. The van der Waals surface area contributed by atoms with Gasteiger partial charge in [0.1, 0.15) is 5.15 Å². The van der Waals surface area contributed by atoms with E-state index in [-0.39, 0.29) is 35.2 Å². The smallest absolute Gasteiger partial charge is 0.331 e. The number of nitrogens with one attached hydrogen (secondary N) is 1. The summed E-state index contributed by atoms with van der Waals surface area (Å²) in [7, 11) is -3.06. The molecule has 0 aliphatic carbocycles. The highest BCUT2D eigenvalue weighted by Crippen LogP contribution is 2.30. The maximum Gasteiger partial charge on any atom is 0.331 e. The number of ether oxygens (including phenoxy) is 1. The third kappa shape index (κ3) is 5.05. The molecule has 8 nitrogen and oxygen atoms in total. The van der Waals surface area contributed by atoms with Gasteiger partial charge in [-0.1, -0.05) is 11.6 Å². The number of hydrogen-bond donors (Lipinski definition) is 1. The molecule has 0 aromatic carbocycles. The Labute approximate surface area is 151 Å². The summed E-state index contributed by atoms with van der Waals surface area (Å²) in [6, 6.07) is -0.303.